The van der Waals surface area contributed by atoms with Crippen molar-refractivity contribution in [1.82, 2.24) is 0 Å². The number of ether oxygens (including phenoxy) is 2. The Labute approximate surface area is 172 Å². The number of Topliss-reactive ketones (excluding diaryl/α,β-unsaturated/α-hetero) is 1. The molecule has 0 aliphatic rings. The molecule has 0 saturated carbocycles. The molecule has 0 atom stereocenters. The Morgan fingerprint density at radius 2 is 1.54 bits per heavy atom. The number of carbonyl (C=O) groups is 2. The Morgan fingerprint density at radius 3 is 2.11 bits per heavy atom. The van der Waals surface area contributed by atoms with Crippen LogP contribution in [0.3, 0.4) is 0 Å². The van der Waals surface area contributed by atoms with Gasteiger partial charge in [-0.2, -0.15) is 0 Å². The summed E-state index contributed by atoms with van der Waals surface area (Å²) < 4.78 is 23.1. The van der Waals surface area contributed by atoms with Gasteiger partial charge in [0.15, 0.2) is 16.6 Å². The molecule has 158 valence electrons. The first-order chi connectivity index (χ1) is 12.8. The maximum absolute atomic E-state index is 12.1. The van der Waals surface area contributed by atoms with Crippen molar-refractivity contribution in [2.45, 2.75) is 58.3 Å². The van der Waals surface area contributed by atoms with E-state index in [0.717, 1.165) is 12.5 Å². The van der Waals surface area contributed by atoms with Crippen LogP contribution in [0, 0.1) is 0 Å². The average molecular weight is 443 g/mol. The van der Waals surface area contributed by atoms with Gasteiger partial charge in [-0.3, -0.25) is 4.79 Å². The van der Waals surface area contributed by atoms with Gasteiger partial charge in [0, 0.05) is 0 Å². The van der Waals surface area contributed by atoms with Crippen LogP contribution in [-0.4, -0.2) is 50.7 Å². The van der Waals surface area contributed by atoms with Gasteiger partial charge in [-0.25, -0.2) is 4.79 Å². The number of benzene rings is 1. The number of rotatable bonds is 11. The second kappa shape index (κ2) is 9.97. The second-order valence-corrected chi connectivity index (χ2v) is 21.4. The number of ketones is 1. The van der Waals surface area contributed by atoms with Crippen LogP contribution >= 0.6 is 0 Å². The van der Waals surface area contributed by atoms with Gasteiger partial charge in [0.25, 0.3) is 5.78 Å². The van der Waals surface area contributed by atoms with E-state index in [-0.39, 0.29) is 5.56 Å². The highest BCUT2D eigenvalue weighted by Crippen LogP contribution is 2.24. The second-order valence-electron chi connectivity index (χ2n) is 8.74. The van der Waals surface area contributed by atoms with Crippen LogP contribution < -0.4 is 4.74 Å². The summed E-state index contributed by atoms with van der Waals surface area (Å²) >= 11 is 0. The van der Waals surface area contributed by atoms with Gasteiger partial charge in [0.1, 0.15) is 5.75 Å². The first-order valence-electron chi connectivity index (χ1n) is 9.51. The molecule has 0 radical (unpaired) electrons. The molecule has 6 nitrogen and oxygen atoms in total. The fourth-order valence-corrected chi connectivity index (χ4v) is 16.3. The minimum atomic E-state index is -2.15. The van der Waals surface area contributed by atoms with E-state index in [2.05, 4.69) is 50.6 Å². The molecule has 0 bridgehead atoms. The molecule has 9 heteroatoms. The molecule has 0 aliphatic carbocycles. The third kappa shape index (κ3) is 8.82. The Bertz CT molecular complexity index is 682. The van der Waals surface area contributed by atoms with Gasteiger partial charge in [0.05, 0.1) is 19.3 Å². The molecule has 0 unspecified atom stereocenters. The Morgan fingerprint density at radius 1 is 0.929 bits per heavy atom. The molecule has 1 aromatic rings. The van der Waals surface area contributed by atoms with Crippen LogP contribution in [0.4, 0.5) is 0 Å². The summed E-state index contributed by atoms with van der Waals surface area (Å²) in [6.07, 6.45) is 0.803. The molecule has 0 aliphatic heterocycles. The molecule has 1 aromatic carbocycles. The van der Waals surface area contributed by atoms with E-state index in [1.807, 2.05) is 0 Å². The van der Waals surface area contributed by atoms with E-state index in [1.165, 1.54) is 7.11 Å². The molecular weight excluding hydrogens is 408 g/mol. The number of hydrogen-bond donors (Lipinski definition) is 0. The van der Waals surface area contributed by atoms with Gasteiger partial charge in [-0.05, 0) is 70.4 Å². The number of carbonyl (C=O) groups excluding carboxylic acids is 2. The maximum atomic E-state index is 12.1. The summed E-state index contributed by atoms with van der Waals surface area (Å²) in [4.78, 5) is 23.6. The predicted molar refractivity (Wildman–Crippen MR) is 118 cm³/mol. The molecule has 0 aromatic heterocycles. The first kappa shape index (κ1) is 24.8. The van der Waals surface area contributed by atoms with Crippen molar-refractivity contribution in [2.24, 2.45) is 0 Å². The van der Waals surface area contributed by atoms with E-state index in [0.29, 0.717) is 12.4 Å². The quantitative estimate of drug-likeness (QED) is 0.164. The van der Waals surface area contributed by atoms with Crippen molar-refractivity contribution in [3.63, 3.8) is 0 Å². The molecule has 0 heterocycles. The van der Waals surface area contributed by atoms with Crippen LogP contribution in [0.2, 0.25) is 51.9 Å². The zero-order valence-electron chi connectivity index (χ0n) is 18.4. The van der Waals surface area contributed by atoms with Gasteiger partial charge in [-0.1, -0.05) is 12.1 Å². The predicted octanol–water partition coefficient (Wildman–Crippen LogP) is 4.59. The van der Waals surface area contributed by atoms with E-state index in [9.17, 15) is 9.59 Å². The highest BCUT2D eigenvalue weighted by Gasteiger charge is 2.37. The normalized spacial score (nSPS) is 12.6. The first-order valence-corrected chi connectivity index (χ1v) is 18.9. The van der Waals surface area contributed by atoms with Gasteiger partial charge < -0.3 is 17.7 Å². The largest absolute Gasteiger partial charge is 0.493 e. The SMILES string of the molecule is COC(=O)C(=O)c1ccccc1OCCC[Si](C)(C)O[Si](C)(C)O[Si](C)(C)C. The third-order valence-corrected chi connectivity index (χ3v) is 13.9. The summed E-state index contributed by atoms with van der Waals surface area (Å²) in [5.41, 5.74) is 0.221. The van der Waals surface area contributed by atoms with Gasteiger partial charge in [-0.15, -0.1) is 0 Å². The van der Waals surface area contributed by atoms with E-state index < -0.39 is 36.9 Å². The van der Waals surface area contributed by atoms with Crippen LogP contribution in [0.1, 0.15) is 16.8 Å². The number of esters is 1. The molecule has 0 fully saturated rings. The summed E-state index contributed by atoms with van der Waals surface area (Å²) in [6.45, 7) is 15.6. The van der Waals surface area contributed by atoms with Crippen molar-refractivity contribution in [3.8, 4) is 5.75 Å². The van der Waals surface area contributed by atoms with Crippen LogP contribution in [0.15, 0.2) is 24.3 Å². The van der Waals surface area contributed by atoms with Crippen LogP contribution in [-0.2, 0) is 17.8 Å². The zero-order chi connectivity index (χ0) is 21.6. The summed E-state index contributed by atoms with van der Waals surface area (Å²) in [5, 5.41) is 0. The van der Waals surface area contributed by atoms with Gasteiger partial charge in [0.2, 0.25) is 0 Å². The van der Waals surface area contributed by atoms with Crippen molar-refractivity contribution >= 4 is 36.9 Å². The molecule has 0 amide bonds. The number of methoxy groups -OCH3 is 1. The minimum absolute atomic E-state index is 0.221. The van der Waals surface area contributed by atoms with Crippen molar-refractivity contribution < 1.29 is 27.3 Å². The topological polar surface area (TPSA) is 71.1 Å². The molecule has 0 spiro atoms. The maximum Gasteiger partial charge on any atom is 0.379 e. The van der Waals surface area contributed by atoms with Crippen LogP contribution in [0.5, 0.6) is 5.75 Å². The highest BCUT2D eigenvalue weighted by molar-refractivity contribution is 6.87. The standard InChI is InChI=1S/C19H34O6Si3/c1-22-19(21)18(20)16-12-9-10-13-17(16)23-14-11-15-27(5,6)25-28(7,8)24-26(2,3)4/h9-10,12-13H,11,14-15H2,1-8H3. The Kier molecular flexibility index (Phi) is 8.82. The molecule has 28 heavy (non-hydrogen) atoms. The minimum Gasteiger partial charge on any atom is -0.493 e. The van der Waals surface area contributed by atoms with Crippen LogP contribution in [0.25, 0.3) is 0 Å². The van der Waals surface area contributed by atoms with E-state index in [4.69, 9.17) is 13.0 Å². The Balaban J connectivity index is 2.61. The highest BCUT2D eigenvalue weighted by atomic mass is 28.5. The monoisotopic (exact) mass is 442 g/mol. The lowest BCUT2D eigenvalue weighted by molar-refractivity contribution is -0.135. The third-order valence-electron chi connectivity index (χ3n) is 3.76. The van der Waals surface area contributed by atoms with Crippen molar-refractivity contribution in [2.75, 3.05) is 13.7 Å². The molecule has 0 saturated heterocycles. The lowest BCUT2D eigenvalue weighted by Crippen LogP contribution is -2.51. The zero-order valence-corrected chi connectivity index (χ0v) is 21.4. The molecule has 0 N–H and O–H groups in total. The summed E-state index contributed by atoms with van der Waals surface area (Å²) in [7, 11) is -4.50. The molecular formula is C19H34O6Si3. The fraction of sp³-hybridized carbons (Fsp3) is 0.579. The molecule has 1 rings (SSSR count). The smallest absolute Gasteiger partial charge is 0.379 e. The van der Waals surface area contributed by atoms with Crippen molar-refractivity contribution in [1.29, 1.82) is 0 Å². The lowest BCUT2D eigenvalue weighted by atomic mass is 10.1. The van der Waals surface area contributed by atoms with E-state index in [1.54, 1.807) is 24.3 Å². The van der Waals surface area contributed by atoms with E-state index >= 15 is 0 Å². The summed E-state index contributed by atoms with van der Waals surface area (Å²) in [5.74, 6) is -1.20. The van der Waals surface area contributed by atoms with Gasteiger partial charge >= 0.3 is 14.5 Å². The Hall–Kier alpha value is -1.27. The number of hydrogen-bond acceptors (Lipinski definition) is 6. The van der Waals surface area contributed by atoms with Crippen molar-refractivity contribution in [3.05, 3.63) is 29.8 Å². The lowest BCUT2D eigenvalue weighted by Gasteiger charge is -2.37. The average Bonchev–Trinajstić information content (AvgIpc) is 2.54. The fourth-order valence-electron chi connectivity index (χ4n) is 3.14. The number of para-hydroxylation sites is 1. The summed E-state index contributed by atoms with van der Waals surface area (Å²) in [6, 6.07) is 7.64.